The van der Waals surface area contributed by atoms with Crippen molar-refractivity contribution in [2.75, 3.05) is 11.5 Å². The number of rotatable bonds is 4. The van der Waals surface area contributed by atoms with Crippen LogP contribution in [0.3, 0.4) is 0 Å². The van der Waals surface area contributed by atoms with E-state index in [2.05, 4.69) is 10.1 Å². The lowest BCUT2D eigenvalue weighted by Gasteiger charge is -2.21. The second kappa shape index (κ2) is 4.62. The standard InChI is InChI=1S/C11H19N3O3S/c1-3-11(12,4-2)10-13-9(17-14-10)8-5-6-18(15,16)7-8/h8H,3-7,12H2,1-2H3. The third-order valence-electron chi connectivity index (χ3n) is 3.73. The number of nitrogens with two attached hydrogens (primary N) is 1. The van der Waals surface area contributed by atoms with Crippen LogP contribution in [0.15, 0.2) is 4.52 Å². The molecule has 1 aromatic rings. The number of aromatic nitrogens is 2. The molecule has 102 valence electrons. The highest BCUT2D eigenvalue weighted by Gasteiger charge is 2.35. The van der Waals surface area contributed by atoms with Gasteiger partial charge in [-0.15, -0.1) is 0 Å². The number of nitrogens with zero attached hydrogens (tertiary/aromatic N) is 2. The minimum absolute atomic E-state index is 0.102. The predicted molar refractivity (Wildman–Crippen MR) is 66.8 cm³/mol. The van der Waals surface area contributed by atoms with Crippen molar-refractivity contribution in [1.82, 2.24) is 10.1 Å². The van der Waals surface area contributed by atoms with Gasteiger partial charge in [0.15, 0.2) is 15.7 Å². The normalized spacial score (nSPS) is 23.4. The van der Waals surface area contributed by atoms with Crippen molar-refractivity contribution in [1.29, 1.82) is 0 Å². The lowest BCUT2D eigenvalue weighted by atomic mass is 9.93. The van der Waals surface area contributed by atoms with E-state index in [1.165, 1.54) is 0 Å². The molecular weight excluding hydrogens is 254 g/mol. The maximum atomic E-state index is 11.4. The van der Waals surface area contributed by atoms with Gasteiger partial charge in [-0.2, -0.15) is 4.98 Å². The Morgan fingerprint density at radius 3 is 2.61 bits per heavy atom. The van der Waals surface area contributed by atoms with E-state index in [0.29, 0.717) is 31.0 Å². The molecule has 2 rings (SSSR count). The molecule has 0 radical (unpaired) electrons. The quantitative estimate of drug-likeness (QED) is 0.876. The summed E-state index contributed by atoms with van der Waals surface area (Å²) in [4.78, 5) is 4.30. The molecule has 1 aliphatic heterocycles. The van der Waals surface area contributed by atoms with Gasteiger partial charge < -0.3 is 10.3 Å². The van der Waals surface area contributed by atoms with Gasteiger partial charge in [-0.25, -0.2) is 8.42 Å². The lowest BCUT2D eigenvalue weighted by molar-refractivity contribution is 0.328. The molecule has 1 aliphatic rings. The molecule has 1 atom stereocenters. The molecule has 0 bridgehead atoms. The Hall–Kier alpha value is -0.950. The third kappa shape index (κ3) is 2.42. The number of hydrogen-bond acceptors (Lipinski definition) is 6. The Morgan fingerprint density at radius 2 is 2.11 bits per heavy atom. The van der Waals surface area contributed by atoms with Crippen molar-refractivity contribution < 1.29 is 12.9 Å². The van der Waals surface area contributed by atoms with Crippen LogP contribution in [0, 0.1) is 0 Å². The van der Waals surface area contributed by atoms with Crippen LogP contribution in [-0.2, 0) is 15.4 Å². The zero-order valence-corrected chi connectivity index (χ0v) is 11.5. The monoisotopic (exact) mass is 273 g/mol. The molecule has 1 aromatic heterocycles. The van der Waals surface area contributed by atoms with Gasteiger partial charge in [0.25, 0.3) is 0 Å². The highest BCUT2D eigenvalue weighted by molar-refractivity contribution is 7.91. The van der Waals surface area contributed by atoms with Crippen molar-refractivity contribution in [3.8, 4) is 0 Å². The number of sulfone groups is 1. The zero-order chi connectivity index (χ0) is 13.4. The van der Waals surface area contributed by atoms with Gasteiger partial charge >= 0.3 is 0 Å². The highest BCUT2D eigenvalue weighted by Crippen LogP contribution is 2.30. The molecule has 0 aromatic carbocycles. The summed E-state index contributed by atoms with van der Waals surface area (Å²) in [7, 11) is -2.94. The second-order valence-electron chi connectivity index (χ2n) is 4.92. The Morgan fingerprint density at radius 1 is 1.44 bits per heavy atom. The molecule has 7 heteroatoms. The van der Waals surface area contributed by atoms with Crippen molar-refractivity contribution in [2.24, 2.45) is 5.73 Å². The first-order chi connectivity index (χ1) is 8.40. The predicted octanol–water partition coefficient (Wildman–Crippen LogP) is 0.946. The zero-order valence-electron chi connectivity index (χ0n) is 10.7. The summed E-state index contributed by atoms with van der Waals surface area (Å²) in [5.74, 6) is 1.01. The first-order valence-electron chi connectivity index (χ1n) is 6.23. The van der Waals surface area contributed by atoms with Gasteiger partial charge in [-0.05, 0) is 19.3 Å². The van der Waals surface area contributed by atoms with Gasteiger partial charge in [0.2, 0.25) is 5.89 Å². The highest BCUT2D eigenvalue weighted by atomic mass is 32.2. The van der Waals surface area contributed by atoms with E-state index in [4.69, 9.17) is 10.3 Å². The van der Waals surface area contributed by atoms with E-state index in [-0.39, 0.29) is 17.4 Å². The van der Waals surface area contributed by atoms with Crippen LogP contribution in [-0.4, -0.2) is 30.1 Å². The minimum Gasteiger partial charge on any atom is -0.339 e. The van der Waals surface area contributed by atoms with Crippen molar-refractivity contribution in [2.45, 2.75) is 44.6 Å². The van der Waals surface area contributed by atoms with Crippen LogP contribution in [0.2, 0.25) is 0 Å². The summed E-state index contributed by atoms with van der Waals surface area (Å²) in [5.41, 5.74) is 5.60. The average Bonchev–Trinajstić information content (AvgIpc) is 2.94. The van der Waals surface area contributed by atoms with Crippen LogP contribution in [0.4, 0.5) is 0 Å². The molecule has 2 N–H and O–H groups in total. The Balaban J connectivity index is 2.21. The van der Waals surface area contributed by atoms with Crippen LogP contribution >= 0.6 is 0 Å². The Kier molecular flexibility index (Phi) is 3.46. The molecule has 2 heterocycles. The maximum Gasteiger partial charge on any atom is 0.230 e. The molecular formula is C11H19N3O3S. The van der Waals surface area contributed by atoms with E-state index in [0.717, 1.165) is 0 Å². The SMILES string of the molecule is CCC(N)(CC)c1noc(C2CCS(=O)(=O)C2)n1. The summed E-state index contributed by atoms with van der Waals surface area (Å²) < 4.78 is 28.0. The summed E-state index contributed by atoms with van der Waals surface area (Å²) in [6.45, 7) is 3.94. The van der Waals surface area contributed by atoms with Crippen LogP contribution in [0.1, 0.15) is 50.7 Å². The molecule has 0 amide bonds. The molecule has 6 nitrogen and oxygen atoms in total. The van der Waals surface area contributed by atoms with E-state index in [1.54, 1.807) is 0 Å². The van der Waals surface area contributed by atoms with Gasteiger partial charge in [-0.1, -0.05) is 19.0 Å². The van der Waals surface area contributed by atoms with Crippen LogP contribution < -0.4 is 5.73 Å². The topological polar surface area (TPSA) is 99.1 Å². The van der Waals surface area contributed by atoms with Gasteiger partial charge in [0.1, 0.15) is 0 Å². The summed E-state index contributed by atoms with van der Waals surface area (Å²) >= 11 is 0. The molecule has 1 fully saturated rings. The Labute approximate surface area is 107 Å². The van der Waals surface area contributed by atoms with Crippen molar-refractivity contribution in [3.63, 3.8) is 0 Å². The molecule has 0 spiro atoms. The summed E-state index contributed by atoms with van der Waals surface area (Å²) in [6, 6.07) is 0. The fourth-order valence-electron chi connectivity index (χ4n) is 2.16. The smallest absolute Gasteiger partial charge is 0.230 e. The summed E-state index contributed by atoms with van der Waals surface area (Å²) in [5, 5.41) is 3.92. The lowest BCUT2D eigenvalue weighted by Crippen LogP contribution is -2.36. The largest absolute Gasteiger partial charge is 0.339 e. The van der Waals surface area contributed by atoms with Gasteiger partial charge in [0, 0.05) is 0 Å². The molecule has 1 saturated heterocycles. The van der Waals surface area contributed by atoms with Crippen molar-refractivity contribution in [3.05, 3.63) is 11.7 Å². The van der Waals surface area contributed by atoms with E-state index < -0.39 is 15.4 Å². The Bertz CT molecular complexity index is 519. The van der Waals surface area contributed by atoms with E-state index in [1.807, 2.05) is 13.8 Å². The minimum atomic E-state index is -2.94. The van der Waals surface area contributed by atoms with Crippen LogP contribution in [0.5, 0.6) is 0 Å². The fraction of sp³-hybridized carbons (Fsp3) is 0.818. The van der Waals surface area contributed by atoms with Crippen molar-refractivity contribution >= 4 is 9.84 Å². The molecule has 0 aliphatic carbocycles. The second-order valence-corrected chi connectivity index (χ2v) is 7.15. The van der Waals surface area contributed by atoms with Crippen LogP contribution in [0.25, 0.3) is 0 Å². The average molecular weight is 273 g/mol. The first-order valence-corrected chi connectivity index (χ1v) is 8.05. The number of hydrogen-bond donors (Lipinski definition) is 1. The molecule has 0 saturated carbocycles. The summed E-state index contributed by atoms with van der Waals surface area (Å²) in [6.07, 6.45) is 1.98. The molecule has 1 unspecified atom stereocenters. The van der Waals surface area contributed by atoms with E-state index in [9.17, 15) is 8.42 Å². The molecule has 18 heavy (non-hydrogen) atoms. The van der Waals surface area contributed by atoms with E-state index >= 15 is 0 Å². The fourth-order valence-corrected chi connectivity index (χ4v) is 3.89. The van der Waals surface area contributed by atoms with Gasteiger partial charge in [0.05, 0.1) is 23.0 Å². The third-order valence-corrected chi connectivity index (χ3v) is 5.50. The van der Waals surface area contributed by atoms with Gasteiger partial charge in [-0.3, -0.25) is 0 Å². The first kappa shape index (κ1) is 13.5. The maximum absolute atomic E-state index is 11.4.